The van der Waals surface area contributed by atoms with Gasteiger partial charge in [-0.2, -0.15) is 0 Å². The number of hydrogen-bond donors (Lipinski definition) is 0. The number of rotatable bonds is 2. The van der Waals surface area contributed by atoms with Gasteiger partial charge in [0.25, 0.3) is 0 Å². The van der Waals surface area contributed by atoms with Gasteiger partial charge < -0.3 is 9.64 Å². The molecule has 3 heteroatoms. The van der Waals surface area contributed by atoms with E-state index in [0.29, 0.717) is 0 Å². The summed E-state index contributed by atoms with van der Waals surface area (Å²) in [6.07, 6.45) is 8.46. The molecule has 0 amide bonds. The van der Waals surface area contributed by atoms with Crippen LogP contribution in [0.2, 0.25) is 0 Å². The predicted octanol–water partition coefficient (Wildman–Crippen LogP) is 5.54. The highest BCUT2D eigenvalue weighted by atomic mass is 16.5. The Hall–Kier alpha value is -1.51. The van der Waals surface area contributed by atoms with Gasteiger partial charge in [0.15, 0.2) is 0 Å². The number of methoxy groups -OCH3 is 1. The van der Waals surface area contributed by atoms with Crippen LogP contribution in [0.3, 0.4) is 0 Å². The summed E-state index contributed by atoms with van der Waals surface area (Å²) in [5.74, 6) is 0.978. The van der Waals surface area contributed by atoms with Crippen molar-refractivity contribution in [3.63, 3.8) is 0 Å². The molecule has 1 heterocycles. The summed E-state index contributed by atoms with van der Waals surface area (Å²) in [5, 5.41) is 0. The normalized spacial score (nSPS) is 21.8. The first-order chi connectivity index (χ1) is 11.6. The third-order valence-electron chi connectivity index (χ3n) is 5.96. The van der Waals surface area contributed by atoms with Crippen LogP contribution in [-0.2, 0) is 11.1 Å². The lowest BCUT2D eigenvalue weighted by Crippen LogP contribution is -2.49. The molecule has 1 aliphatic carbocycles. The Bertz CT molecular complexity index is 676. The first kappa shape index (κ1) is 18.3. The van der Waals surface area contributed by atoms with Gasteiger partial charge in [0, 0.05) is 0 Å². The molecule has 0 atom stereocenters. The fourth-order valence-electron chi connectivity index (χ4n) is 4.97. The van der Waals surface area contributed by atoms with Crippen molar-refractivity contribution in [3.8, 4) is 5.75 Å². The molecule has 25 heavy (non-hydrogen) atoms. The fraction of sp³-hybridized carbons (Fsp3) is 0.682. The second-order valence-electron chi connectivity index (χ2n) is 9.30. The van der Waals surface area contributed by atoms with Gasteiger partial charge in [0.2, 0.25) is 0 Å². The van der Waals surface area contributed by atoms with Crippen molar-refractivity contribution in [1.82, 2.24) is 4.90 Å². The second-order valence-corrected chi connectivity index (χ2v) is 9.30. The number of hydrogen-bond acceptors (Lipinski definition) is 2. The highest BCUT2D eigenvalue weighted by Gasteiger charge is 2.54. The minimum atomic E-state index is -0.0621. The highest BCUT2D eigenvalue weighted by molar-refractivity contribution is 5.66. The molecule has 0 radical (unpaired) electrons. The molecule has 1 aromatic carbocycles. The van der Waals surface area contributed by atoms with E-state index in [4.69, 9.17) is 9.73 Å². The quantitative estimate of drug-likeness (QED) is 0.520. The standard InChI is InChI=1S/C22H34N2O/c1-16-13-17(25-7)14-18-19(16)21(5,6)24(15-23-20(2,3)4)22(18)11-9-8-10-12-22/h13-15H,8-12H2,1-7H3/b23-15+. The molecule has 1 spiro atoms. The largest absolute Gasteiger partial charge is 0.497 e. The zero-order chi connectivity index (χ0) is 18.5. The molecule has 1 fully saturated rings. The Morgan fingerprint density at radius 3 is 2.32 bits per heavy atom. The van der Waals surface area contributed by atoms with Crippen molar-refractivity contribution in [1.29, 1.82) is 0 Å². The maximum atomic E-state index is 5.62. The first-order valence-electron chi connectivity index (χ1n) is 9.66. The van der Waals surface area contributed by atoms with Crippen LogP contribution in [0.15, 0.2) is 17.1 Å². The van der Waals surface area contributed by atoms with E-state index >= 15 is 0 Å². The average molecular weight is 343 g/mol. The number of fused-ring (bicyclic) bond motifs is 2. The van der Waals surface area contributed by atoms with Crippen LogP contribution in [0.5, 0.6) is 5.75 Å². The summed E-state index contributed by atoms with van der Waals surface area (Å²) < 4.78 is 5.62. The minimum Gasteiger partial charge on any atom is -0.497 e. The van der Waals surface area contributed by atoms with Crippen LogP contribution in [0.1, 0.15) is 83.4 Å². The van der Waals surface area contributed by atoms with E-state index < -0.39 is 0 Å². The molecule has 0 unspecified atom stereocenters. The first-order valence-corrected chi connectivity index (χ1v) is 9.66. The third-order valence-corrected chi connectivity index (χ3v) is 5.96. The van der Waals surface area contributed by atoms with Crippen molar-refractivity contribution in [2.24, 2.45) is 4.99 Å². The monoisotopic (exact) mass is 342 g/mol. The molecule has 0 aromatic heterocycles. The smallest absolute Gasteiger partial charge is 0.119 e. The Labute approximate surface area is 153 Å². The van der Waals surface area contributed by atoms with E-state index in [1.165, 1.54) is 48.8 Å². The highest BCUT2D eigenvalue weighted by Crippen LogP contribution is 2.56. The number of ether oxygens (including phenoxy) is 1. The van der Waals surface area contributed by atoms with Crippen LogP contribution in [0.25, 0.3) is 0 Å². The lowest BCUT2D eigenvalue weighted by atomic mass is 9.76. The molecule has 1 saturated carbocycles. The SMILES string of the molecule is COc1cc(C)c2c(c1)C1(CCCCC1)N(/C=N/C(C)(C)C)C2(C)C. The third kappa shape index (κ3) is 2.96. The topological polar surface area (TPSA) is 24.8 Å². The molecule has 1 aromatic rings. The summed E-state index contributed by atoms with van der Waals surface area (Å²) in [4.78, 5) is 7.48. The summed E-state index contributed by atoms with van der Waals surface area (Å²) in [6, 6.07) is 4.47. The van der Waals surface area contributed by atoms with E-state index in [9.17, 15) is 0 Å². The van der Waals surface area contributed by atoms with Gasteiger partial charge in [0.05, 0.1) is 30.1 Å². The van der Waals surface area contributed by atoms with Crippen molar-refractivity contribution in [2.45, 2.75) is 90.3 Å². The van der Waals surface area contributed by atoms with E-state index in [0.717, 1.165) is 5.75 Å². The number of nitrogens with zero attached hydrogens (tertiary/aromatic N) is 2. The molecular formula is C22H34N2O. The fourth-order valence-corrected chi connectivity index (χ4v) is 4.97. The molecular weight excluding hydrogens is 308 g/mol. The summed E-state index contributed by atoms with van der Waals surface area (Å²) in [5.41, 5.74) is 4.21. The summed E-state index contributed by atoms with van der Waals surface area (Å²) >= 11 is 0. The average Bonchev–Trinajstić information content (AvgIpc) is 2.70. The predicted molar refractivity (Wildman–Crippen MR) is 106 cm³/mol. The number of aryl methyl sites for hydroxylation is 1. The van der Waals surface area contributed by atoms with Crippen molar-refractivity contribution in [2.75, 3.05) is 7.11 Å². The van der Waals surface area contributed by atoms with E-state index in [-0.39, 0.29) is 16.6 Å². The zero-order valence-electron chi connectivity index (χ0n) is 17.1. The Morgan fingerprint density at radius 2 is 1.76 bits per heavy atom. The number of benzene rings is 1. The van der Waals surface area contributed by atoms with Crippen LogP contribution >= 0.6 is 0 Å². The molecule has 1 aliphatic heterocycles. The Balaban J connectivity index is 2.21. The van der Waals surface area contributed by atoms with Gasteiger partial charge in [-0.1, -0.05) is 19.3 Å². The van der Waals surface area contributed by atoms with Gasteiger partial charge in [-0.3, -0.25) is 4.99 Å². The second kappa shape index (κ2) is 6.03. The molecule has 0 N–H and O–H groups in total. The Morgan fingerprint density at radius 1 is 1.12 bits per heavy atom. The molecule has 2 aliphatic rings. The lowest BCUT2D eigenvalue weighted by molar-refractivity contribution is 0.0678. The Kier molecular flexibility index (Phi) is 4.41. The minimum absolute atomic E-state index is 0.0578. The molecule has 0 bridgehead atoms. The lowest BCUT2D eigenvalue weighted by Gasteiger charge is -2.46. The summed E-state index contributed by atoms with van der Waals surface area (Å²) in [6.45, 7) is 13.4. The number of aliphatic imine (C=N–C) groups is 1. The van der Waals surface area contributed by atoms with Gasteiger partial charge in [-0.05, 0) is 83.2 Å². The van der Waals surface area contributed by atoms with Crippen molar-refractivity contribution in [3.05, 3.63) is 28.8 Å². The van der Waals surface area contributed by atoms with Crippen molar-refractivity contribution >= 4 is 6.34 Å². The van der Waals surface area contributed by atoms with Gasteiger partial charge in [0.1, 0.15) is 5.75 Å². The summed E-state index contributed by atoms with van der Waals surface area (Å²) in [7, 11) is 1.77. The van der Waals surface area contributed by atoms with Gasteiger partial charge in [-0.15, -0.1) is 0 Å². The molecule has 138 valence electrons. The molecule has 3 rings (SSSR count). The van der Waals surface area contributed by atoms with Crippen molar-refractivity contribution < 1.29 is 4.74 Å². The van der Waals surface area contributed by atoms with E-state index in [1.807, 2.05) is 0 Å². The van der Waals surface area contributed by atoms with Crippen LogP contribution in [0, 0.1) is 6.92 Å². The molecule has 3 nitrogen and oxygen atoms in total. The maximum Gasteiger partial charge on any atom is 0.119 e. The molecule has 0 saturated heterocycles. The van der Waals surface area contributed by atoms with E-state index in [1.54, 1.807) is 7.11 Å². The van der Waals surface area contributed by atoms with Crippen LogP contribution < -0.4 is 4.74 Å². The zero-order valence-corrected chi connectivity index (χ0v) is 17.1. The van der Waals surface area contributed by atoms with Crippen LogP contribution in [0.4, 0.5) is 0 Å². The van der Waals surface area contributed by atoms with Gasteiger partial charge in [-0.25, -0.2) is 0 Å². The van der Waals surface area contributed by atoms with E-state index in [2.05, 4.69) is 64.9 Å². The van der Waals surface area contributed by atoms with Gasteiger partial charge >= 0.3 is 0 Å². The van der Waals surface area contributed by atoms with Crippen LogP contribution in [-0.4, -0.2) is 23.9 Å². The maximum absolute atomic E-state index is 5.62.